The highest BCUT2D eigenvalue weighted by Gasteiger charge is 2.54. The summed E-state index contributed by atoms with van der Waals surface area (Å²) in [5.74, 6) is 2.14. The number of nitriles is 1. The lowest BCUT2D eigenvalue weighted by Crippen LogP contribution is -2.51. The fourth-order valence-electron chi connectivity index (χ4n) is 5.70. The van der Waals surface area contributed by atoms with Crippen LogP contribution < -0.4 is 5.32 Å². The maximum Gasteiger partial charge on any atom is 0.231 e. The molecule has 126 valence electrons. The fraction of sp³-hybridized carbons (Fsp3) is 0.632. The Kier molecular flexibility index (Phi) is 3.58. The molecule has 1 N–H and O–H groups in total. The molecule has 4 nitrogen and oxygen atoms in total. The lowest BCUT2D eigenvalue weighted by Gasteiger charge is -2.55. The van der Waals surface area contributed by atoms with Crippen LogP contribution in [0.15, 0.2) is 0 Å². The van der Waals surface area contributed by atoms with Crippen molar-refractivity contribution in [3.05, 3.63) is 16.0 Å². The molecule has 4 aliphatic carbocycles. The highest BCUT2D eigenvalue weighted by atomic mass is 32.1. The minimum Gasteiger partial charge on any atom is -0.316 e. The van der Waals surface area contributed by atoms with E-state index in [1.54, 1.807) is 6.92 Å². The first-order valence-corrected chi connectivity index (χ1v) is 9.59. The molecule has 1 aromatic rings. The third-order valence-corrected chi connectivity index (χ3v) is 7.63. The molecule has 24 heavy (non-hydrogen) atoms. The predicted octanol–water partition coefficient (Wildman–Crippen LogP) is 4.29. The van der Waals surface area contributed by atoms with E-state index in [-0.39, 0.29) is 17.1 Å². The van der Waals surface area contributed by atoms with Crippen LogP contribution >= 0.6 is 11.3 Å². The number of rotatable bonds is 3. The number of hydrogen-bond acceptors (Lipinski definition) is 4. The molecule has 0 saturated heterocycles. The smallest absolute Gasteiger partial charge is 0.231 e. The van der Waals surface area contributed by atoms with Crippen molar-refractivity contribution >= 4 is 28.0 Å². The first-order valence-electron chi connectivity index (χ1n) is 8.77. The molecule has 4 saturated carbocycles. The van der Waals surface area contributed by atoms with Crippen LogP contribution in [0.1, 0.15) is 66.2 Å². The Hall–Kier alpha value is -1.67. The Morgan fingerprint density at radius 3 is 2.17 bits per heavy atom. The van der Waals surface area contributed by atoms with E-state index in [4.69, 9.17) is 0 Å². The minimum absolute atomic E-state index is 0.0516. The zero-order valence-electron chi connectivity index (χ0n) is 14.1. The molecule has 5 rings (SSSR count). The second-order valence-corrected chi connectivity index (χ2v) is 9.10. The molecule has 4 fully saturated rings. The molecule has 0 radical (unpaired) electrons. The number of nitrogens with one attached hydrogen (secondary N) is 1. The van der Waals surface area contributed by atoms with Crippen LogP contribution in [-0.4, -0.2) is 11.7 Å². The Balaban J connectivity index is 1.62. The van der Waals surface area contributed by atoms with Gasteiger partial charge in [0.25, 0.3) is 0 Å². The van der Waals surface area contributed by atoms with Gasteiger partial charge in [0.05, 0.1) is 15.9 Å². The van der Waals surface area contributed by atoms with E-state index in [0.717, 1.165) is 19.3 Å². The minimum atomic E-state index is -0.240. The topological polar surface area (TPSA) is 70.0 Å². The Morgan fingerprint density at radius 2 is 1.71 bits per heavy atom. The van der Waals surface area contributed by atoms with Gasteiger partial charge in [0.2, 0.25) is 5.91 Å². The van der Waals surface area contributed by atoms with Gasteiger partial charge in [-0.3, -0.25) is 9.59 Å². The number of hydrogen-bond donors (Lipinski definition) is 1. The SMILES string of the molecule is CC(=O)c1sc(NC(=O)C23CC4CC(CC(C4)C2)C3)c(C#N)c1C. The second kappa shape index (κ2) is 5.42. The van der Waals surface area contributed by atoms with Crippen molar-refractivity contribution in [3.63, 3.8) is 0 Å². The maximum atomic E-state index is 13.1. The number of carbonyl (C=O) groups is 2. The van der Waals surface area contributed by atoms with Crippen LogP contribution in [0.5, 0.6) is 0 Å². The van der Waals surface area contributed by atoms with Crippen LogP contribution in [0.4, 0.5) is 5.00 Å². The van der Waals surface area contributed by atoms with Gasteiger partial charge in [-0.2, -0.15) is 5.26 Å². The van der Waals surface area contributed by atoms with Crippen molar-refractivity contribution in [2.75, 3.05) is 5.32 Å². The third-order valence-electron chi connectivity index (χ3n) is 6.33. The zero-order valence-corrected chi connectivity index (χ0v) is 15.0. The standard InChI is InChI=1S/C19H22N2O2S/c1-10-15(9-20)17(24-16(10)11(2)22)21-18(23)19-6-12-3-13(7-19)5-14(4-12)8-19/h12-14H,3-8H2,1-2H3,(H,21,23). The summed E-state index contributed by atoms with van der Waals surface area (Å²) in [6.45, 7) is 3.29. The number of Topliss-reactive ketones (excluding diaryl/α,β-unsaturated/α-hetero) is 1. The third kappa shape index (κ3) is 2.31. The van der Waals surface area contributed by atoms with Crippen LogP contribution in [0.2, 0.25) is 0 Å². The van der Waals surface area contributed by atoms with E-state index in [9.17, 15) is 14.9 Å². The average molecular weight is 342 g/mol. The Labute approximate surface area is 146 Å². The van der Waals surface area contributed by atoms with Gasteiger partial charge in [-0.25, -0.2) is 0 Å². The van der Waals surface area contributed by atoms with Crippen LogP contribution in [0.25, 0.3) is 0 Å². The Morgan fingerprint density at radius 1 is 1.17 bits per heavy atom. The van der Waals surface area contributed by atoms with Gasteiger partial charge in [-0.15, -0.1) is 11.3 Å². The summed E-state index contributed by atoms with van der Waals surface area (Å²) in [4.78, 5) is 25.4. The molecule has 4 aliphatic rings. The van der Waals surface area contributed by atoms with E-state index < -0.39 is 0 Å². The number of amides is 1. The molecule has 4 bridgehead atoms. The van der Waals surface area contributed by atoms with Gasteiger partial charge in [0.1, 0.15) is 11.1 Å². The first kappa shape index (κ1) is 15.8. The van der Waals surface area contributed by atoms with Crippen LogP contribution in [-0.2, 0) is 4.79 Å². The van der Waals surface area contributed by atoms with Crippen molar-refractivity contribution < 1.29 is 9.59 Å². The molecular formula is C19H22N2O2S. The summed E-state index contributed by atoms with van der Waals surface area (Å²) in [6, 6.07) is 2.16. The summed E-state index contributed by atoms with van der Waals surface area (Å²) in [7, 11) is 0. The fourth-order valence-corrected chi connectivity index (χ4v) is 6.74. The lowest BCUT2D eigenvalue weighted by atomic mass is 9.49. The normalized spacial score (nSPS) is 33.3. The molecule has 1 aromatic heterocycles. The van der Waals surface area contributed by atoms with Crippen LogP contribution in [0, 0.1) is 41.4 Å². The zero-order chi connectivity index (χ0) is 17.1. The van der Waals surface area contributed by atoms with Gasteiger partial charge in [0, 0.05) is 0 Å². The summed E-state index contributed by atoms with van der Waals surface area (Å²) in [6.07, 6.45) is 6.87. The number of nitrogens with zero attached hydrogens (tertiary/aromatic N) is 1. The first-order chi connectivity index (χ1) is 11.4. The number of carbonyl (C=O) groups excluding carboxylic acids is 2. The van der Waals surface area contributed by atoms with E-state index in [2.05, 4.69) is 11.4 Å². The van der Waals surface area contributed by atoms with Crippen molar-refractivity contribution in [1.82, 2.24) is 0 Å². The van der Waals surface area contributed by atoms with Crippen LogP contribution in [0.3, 0.4) is 0 Å². The molecule has 1 amide bonds. The molecular weight excluding hydrogens is 320 g/mol. The summed E-state index contributed by atoms with van der Waals surface area (Å²) in [5.41, 5.74) is 0.898. The van der Waals surface area contributed by atoms with E-state index in [0.29, 0.717) is 38.8 Å². The van der Waals surface area contributed by atoms with Crippen molar-refractivity contribution in [1.29, 1.82) is 5.26 Å². The molecule has 0 aromatic carbocycles. The molecule has 1 heterocycles. The van der Waals surface area contributed by atoms with Gasteiger partial charge in [-0.1, -0.05) is 0 Å². The predicted molar refractivity (Wildman–Crippen MR) is 93.0 cm³/mol. The monoisotopic (exact) mass is 342 g/mol. The highest BCUT2D eigenvalue weighted by molar-refractivity contribution is 7.18. The molecule has 0 unspecified atom stereocenters. The van der Waals surface area contributed by atoms with E-state index in [1.165, 1.54) is 37.5 Å². The Bertz CT molecular complexity index is 736. The average Bonchev–Trinajstić information content (AvgIpc) is 2.81. The van der Waals surface area contributed by atoms with Gasteiger partial charge < -0.3 is 5.32 Å². The number of ketones is 1. The van der Waals surface area contributed by atoms with Crippen molar-refractivity contribution in [3.8, 4) is 6.07 Å². The van der Waals surface area contributed by atoms with Gasteiger partial charge in [-0.05, 0) is 75.7 Å². The molecule has 0 atom stereocenters. The molecule has 0 aliphatic heterocycles. The second-order valence-electron chi connectivity index (χ2n) is 8.08. The summed E-state index contributed by atoms with van der Waals surface area (Å²) < 4.78 is 0. The summed E-state index contributed by atoms with van der Waals surface area (Å²) >= 11 is 1.25. The quantitative estimate of drug-likeness (QED) is 0.833. The number of anilines is 1. The van der Waals surface area contributed by atoms with Gasteiger partial charge in [0.15, 0.2) is 5.78 Å². The maximum absolute atomic E-state index is 13.1. The summed E-state index contributed by atoms with van der Waals surface area (Å²) in [5, 5.41) is 13.0. The van der Waals surface area contributed by atoms with Crippen molar-refractivity contribution in [2.45, 2.75) is 52.4 Å². The van der Waals surface area contributed by atoms with Gasteiger partial charge >= 0.3 is 0 Å². The molecule has 0 spiro atoms. The molecule has 5 heteroatoms. The van der Waals surface area contributed by atoms with E-state index in [1.807, 2.05) is 0 Å². The van der Waals surface area contributed by atoms with Crippen molar-refractivity contribution in [2.24, 2.45) is 23.2 Å². The van der Waals surface area contributed by atoms with E-state index >= 15 is 0 Å². The largest absolute Gasteiger partial charge is 0.316 e. The number of thiophene rings is 1. The lowest BCUT2D eigenvalue weighted by molar-refractivity contribution is -0.140. The highest BCUT2D eigenvalue weighted by Crippen LogP contribution is 2.60.